The second-order valence-electron chi connectivity index (χ2n) is 4.91. The predicted octanol–water partition coefficient (Wildman–Crippen LogP) is 0.443. The Morgan fingerprint density at radius 3 is 2.67 bits per heavy atom. The van der Waals surface area contributed by atoms with Gasteiger partial charge in [0.1, 0.15) is 0 Å². The Bertz CT molecular complexity index is 309. The highest BCUT2D eigenvalue weighted by molar-refractivity contribution is 5.76. The number of carboxylic acids is 1. The number of nitrogens with one attached hydrogen (secondary N) is 1. The topological polar surface area (TPSA) is 72.9 Å². The lowest BCUT2D eigenvalue weighted by molar-refractivity contribution is -0.140. The monoisotopic (exact) mass is 257 g/mol. The van der Waals surface area contributed by atoms with Crippen LogP contribution in [-0.2, 0) is 4.79 Å². The zero-order valence-electron chi connectivity index (χ0n) is 11.3. The van der Waals surface area contributed by atoms with Gasteiger partial charge in [-0.3, -0.25) is 9.69 Å². The van der Waals surface area contributed by atoms with Crippen LogP contribution in [0.15, 0.2) is 0 Å². The van der Waals surface area contributed by atoms with Gasteiger partial charge < -0.3 is 15.3 Å². The van der Waals surface area contributed by atoms with E-state index in [1.807, 2.05) is 0 Å². The Kier molecular flexibility index (Phi) is 5.40. The predicted molar refractivity (Wildman–Crippen MR) is 68.5 cm³/mol. The largest absolute Gasteiger partial charge is 0.481 e. The Balaban J connectivity index is 2.40. The minimum absolute atomic E-state index is 0.158. The quantitative estimate of drug-likeness (QED) is 0.766. The first-order chi connectivity index (χ1) is 8.45. The molecule has 104 valence electrons. The van der Waals surface area contributed by atoms with Gasteiger partial charge in [-0.2, -0.15) is 0 Å². The molecule has 0 aromatic rings. The molecular weight excluding hydrogens is 234 g/mol. The van der Waals surface area contributed by atoms with Crippen molar-refractivity contribution in [1.82, 2.24) is 15.1 Å². The van der Waals surface area contributed by atoms with Crippen LogP contribution >= 0.6 is 0 Å². The highest BCUT2D eigenvalue weighted by atomic mass is 16.4. The molecular formula is C12H23N3O3. The highest BCUT2D eigenvalue weighted by Gasteiger charge is 2.26. The molecule has 6 nitrogen and oxygen atoms in total. The van der Waals surface area contributed by atoms with Crippen molar-refractivity contribution in [3.63, 3.8) is 0 Å². The number of hydrogen-bond acceptors (Lipinski definition) is 3. The number of amides is 2. The summed E-state index contributed by atoms with van der Waals surface area (Å²) in [5, 5.41) is 11.4. The Labute approximate surface area is 108 Å². The molecule has 1 saturated heterocycles. The molecule has 18 heavy (non-hydrogen) atoms. The standard InChI is InChI=1S/C12H23N3O3/c1-4-10-8-15(6-5-14(10)3)12(18)13-7-9(2)11(16)17/h9-10H,4-8H2,1-3H3,(H,13,18)(H,16,17). The number of rotatable bonds is 4. The van der Waals surface area contributed by atoms with Gasteiger partial charge in [-0.1, -0.05) is 13.8 Å². The Hall–Kier alpha value is -1.30. The average Bonchev–Trinajstić information content (AvgIpc) is 2.35. The first kappa shape index (κ1) is 14.8. The lowest BCUT2D eigenvalue weighted by atomic mass is 10.1. The van der Waals surface area contributed by atoms with Crippen LogP contribution < -0.4 is 5.32 Å². The van der Waals surface area contributed by atoms with E-state index in [4.69, 9.17) is 5.11 Å². The Morgan fingerprint density at radius 2 is 2.11 bits per heavy atom. The molecule has 0 radical (unpaired) electrons. The fourth-order valence-corrected chi connectivity index (χ4v) is 2.01. The Morgan fingerprint density at radius 1 is 1.44 bits per heavy atom. The van der Waals surface area contributed by atoms with Crippen molar-refractivity contribution in [3.05, 3.63) is 0 Å². The van der Waals surface area contributed by atoms with Gasteiger partial charge in [0.2, 0.25) is 0 Å². The molecule has 2 atom stereocenters. The molecule has 1 heterocycles. The van der Waals surface area contributed by atoms with E-state index >= 15 is 0 Å². The van der Waals surface area contributed by atoms with Gasteiger partial charge in [0.25, 0.3) is 0 Å². The molecule has 1 aliphatic rings. The van der Waals surface area contributed by atoms with E-state index in [-0.39, 0.29) is 12.6 Å². The smallest absolute Gasteiger partial charge is 0.317 e. The number of nitrogens with zero attached hydrogens (tertiary/aromatic N) is 2. The van der Waals surface area contributed by atoms with Crippen molar-refractivity contribution < 1.29 is 14.7 Å². The lowest BCUT2D eigenvalue weighted by Gasteiger charge is -2.39. The molecule has 0 aromatic carbocycles. The second-order valence-corrected chi connectivity index (χ2v) is 4.91. The summed E-state index contributed by atoms with van der Waals surface area (Å²) >= 11 is 0. The van der Waals surface area contributed by atoms with Crippen LogP contribution in [0.4, 0.5) is 4.79 Å². The fraction of sp³-hybridized carbons (Fsp3) is 0.833. The molecule has 1 rings (SSSR count). The summed E-state index contributed by atoms with van der Waals surface area (Å²) in [5.41, 5.74) is 0. The van der Waals surface area contributed by atoms with Gasteiger partial charge in [0, 0.05) is 32.2 Å². The summed E-state index contributed by atoms with van der Waals surface area (Å²) < 4.78 is 0. The van der Waals surface area contributed by atoms with Crippen LogP contribution in [0.3, 0.4) is 0 Å². The van der Waals surface area contributed by atoms with Gasteiger partial charge >= 0.3 is 12.0 Å². The number of carbonyl (C=O) groups is 2. The van der Waals surface area contributed by atoms with Crippen molar-refractivity contribution in [2.75, 3.05) is 33.2 Å². The molecule has 0 saturated carbocycles. The van der Waals surface area contributed by atoms with Crippen molar-refractivity contribution >= 4 is 12.0 Å². The van der Waals surface area contributed by atoms with E-state index in [1.165, 1.54) is 0 Å². The molecule has 1 aliphatic heterocycles. The summed E-state index contributed by atoms with van der Waals surface area (Å²) in [4.78, 5) is 26.6. The van der Waals surface area contributed by atoms with Gasteiger partial charge in [0.15, 0.2) is 0 Å². The molecule has 1 fully saturated rings. The van der Waals surface area contributed by atoms with E-state index < -0.39 is 11.9 Å². The van der Waals surface area contributed by atoms with E-state index in [1.54, 1.807) is 11.8 Å². The highest BCUT2D eigenvalue weighted by Crippen LogP contribution is 2.10. The summed E-state index contributed by atoms with van der Waals surface area (Å²) in [7, 11) is 2.07. The normalized spacial score (nSPS) is 22.6. The van der Waals surface area contributed by atoms with E-state index in [9.17, 15) is 9.59 Å². The minimum atomic E-state index is -0.889. The number of aliphatic carboxylic acids is 1. The van der Waals surface area contributed by atoms with Crippen molar-refractivity contribution in [1.29, 1.82) is 0 Å². The number of urea groups is 1. The summed E-state index contributed by atoms with van der Waals surface area (Å²) in [6, 6.07) is 0.232. The maximum absolute atomic E-state index is 11.9. The zero-order chi connectivity index (χ0) is 13.7. The molecule has 0 aliphatic carbocycles. The van der Waals surface area contributed by atoms with Gasteiger partial charge in [-0.25, -0.2) is 4.79 Å². The summed E-state index contributed by atoms with van der Waals surface area (Å²) in [6.07, 6.45) is 1.01. The van der Waals surface area contributed by atoms with Crippen molar-refractivity contribution in [3.8, 4) is 0 Å². The zero-order valence-corrected chi connectivity index (χ0v) is 11.3. The maximum atomic E-state index is 11.9. The lowest BCUT2D eigenvalue weighted by Crippen LogP contribution is -2.55. The first-order valence-electron chi connectivity index (χ1n) is 6.41. The molecule has 2 unspecified atom stereocenters. The van der Waals surface area contributed by atoms with Crippen molar-refractivity contribution in [2.24, 2.45) is 5.92 Å². The fourth-order valence-electron chi connectivity index (χ4n) is 2.01. The summed E-state index contributed by atoms with van der Waals surface area (Å²) in [6.45, 7) is 6.13. The van der Waals surface area contributed by atoms with Crippen LogP contribution in [-0.4, -0.2) is 66.2 Å². The van der Waals surface area contributed by atoms with Gasteiger partial charge in [0.05, 0.1) is 5.92 Å². The first-order valence-corrected chi connectivity index (χ1v) is 6.41. The third kappa shape index (κ3) is 3.87. The number of carbonyl (C=O) groups excluding carboxylic acids is 1. The van der Waals surface area contributed by atoms with Crippen LogP contribution in [0.25, 0.3) is 0 Å². The number of carboxylic acid groups (broad SMARTS) is 1. The second kappa shape index (κ2) is 6.58. The maximum Gasteiger partial charge on any atom is 0.317 e. The van der Waals surface area contributed by atoms with E-state index in [0.717, 1.165) is 13.0 Å². The third-order valence-corrected chi connectivity index (χ3v) is 3.52. The molecule has 6 heteroatoms. The van der Waals surface area contributed by atoms with Crippen LogP contribution in [0, 0.1) is 5.92 Å². The van der Waals surface area contributed by atoms with Crippen molar-refractivity contribution in [2.45, 2.75) is 26.3 Å². The van der Waals surface area contributed by atoms with Gasteiger partial charge in [-0.15, -0.1) is 0 Å². The summed E-state index contributed by atoms with van der Waals surface area (Å²) in [5.74, 6) is -1.44. The average molecular weight is 257 g/mol. The van der Waals surface area contributed by atoms with Crippen LogP contribution in [0.1, 0.15) is 20.3 Å². The number of likely N-dealkylation sites (N-methyl/N-ethyl adjacent to an activating group) is 1. The van der Waals surface area contributed by atoms with E-state index in [2.05, 4.69) is 24.2 Å². The SMILES string of the molecule is CCC1CN(C(=O)NCC(C)C(=O)O)CCN1C. The number of piperazine rings is 1. The number of hydrogen-bond donors (Lipinski definition) is 2. The molecule has 0 bridgehead atoms. The van der Waals surface area contributed by atoms with Crippen LogP contribution in [0.5, 0.6) is 0 Å². The van der Waals surface area contributed by atoms with E-state index in [0.29, 0.717) is 19.1 Å². The molecule has 2 N–H and O–H groups in total. The molecule has 0 aromatic heterocycles. The van der Waals surface area contributed by atoms with Crippen LogP contribution in [0.2, 0.25) is 0 Å². The minimum Gasteiger partial charge on any atom is -0.481 e. The third-order valence-electron chi connectivity index (χ3n) is 3.52. The van der Waals surface area contributed by atoms with Gasteiger partial charge in [-0.05, 0) is 13.5 Å². The molecule has 0 spiro atoms. The molecule has 2 amide bonds.